The molecular formula is C25H32F6O2. The van der Waals surface area contributed by atoms with E-state index in [-0.39, 0.29) is 18.3 Å². The van der Waals surface area contributed by atoms with Crippen LogP contribution in [0.5, 0.6) is 5.75 Å². The fraction of sp³-hybridized carbons (Fsp3) is 0.680. The molecule has 0 bridgehead atoms. The molecule has 3 rings (SSSR count). The van der Waals surface area contributed by atoms with E-state index in [0.717, 1.165) is 49.7 Å². The second-order valence-electron chi connectivity index (χ2n) is 9.40. The molecule has 2 aliphatic carbocycles. The average molecular weight is 479 g/mol. The Hall–Kier alpha value is -1.70. The summed E-state index contributed by atoms with van der Waals surface area (Å²) in [4.78, 5) is 0. The minimum Gasteiger partial charge on any atom is -0.423 e. The molecule has 0 aliphatic heterocycles. The van der Waals surface area contributed by atoms with Crippen LogP contribution < -0.4 is 4.74 Å². The minimum atomic E-state index is -4.54. The van der Waals surface area contributed by atoms with Crippen molar-refractivity contribution in [3.05, 3.63) is 41.5 Å². The SMILES string of the molecule is CCCC1CCC(C2CCC(OCc3cc(F)c(OC(F)(F)C=C(F)F)c(F)c3)CC2)CC1. The van der Waals surface area contributed by atoms with E-state index in [1.807, 2.05) is 0 Å². The van der Waals surface area contributed by atoms with Crippen molar-refractivity contribution in [3.8, 4) is 5.75 Å². The van der Waals surface area contributed by atoms with Gasteiger partial charge in [0.25, 0.3) is 6.08 Å². The monoisotopic (exact) mass is 478 g/mol. The Kier molecular flexibility index (Phi) is 9.13. The first-order valence-corrected chi connectivity index (χ1v) is 11.9. The summed E-state index contributed by atoms with van der Waals surface area (Å²) in [6.07, 6.45) is 3.72. The van der Waals surface area contributed by atoms with Gasteiger partial charge in [0.15, 0.2) is 17.4 Å². The molecule has 2 aliphatic rings. The molecule has 2 nitrogen and oxygen atoms in total. The number of alkyl halides is 2. The molecule has 0 amide bonds. The summed E-state index contributed by atoms with van der Waals surface area (Å²) < 4.78 is 88.6. The van der Waals surface area contributed by atoms with Gasteiger partial charge in [0.1, 0.15) is 0 Å². The van der Waals surface area contributed by atoms with Crippen LogP contribution >= 0.6 is 0 Å². The Morgan fingerprint density at radius 3 is 2.00 bits per heavy atom. The number of hydrogen-bond donors (Lipinski definition) is 0. The van der Waals surface area contributed by atoms with Gasteiger partial charge in [-0.05, 0) is 74.0 Å². The normalized spacial score (nSPS) is 26.2. The zero-order chi connectivity index (χ0) is 24.0. The molecule has 0 heterocycles. The van der Waals surface area contributed by atoms with Crippen LogP contribution in [0.4, 0.5) is 26.3 Å². The van der Waals surface area contributed by atoms with Gasteiger partial charge in [0.05, 0.1) is 18.8 Å². The van der Waals surface area contributed by atoms with E-state index in [0.29, 0.717) is 5.92 Å². The largest absolute Gasteiger partial charge is 0.425 e. The second-order valence-corrected chi connectivity index (χ2v) is 9.40. The zero-order valence-corrected chi connectivity index (χ0v) is 18.9. The number of benzene rings is 1. The maximum Gasteiger partial charge on any atom is 0.425 e. The van der Waals surface area contributed by atoms with E-state index >= 15 is 0 Å². The van der Waals surface area contributed by atoms with Crippen LogP contribution in [0.15, 0.2) is 24.3 Å². The quantitative estimate of drug-likeness (QED) is 0.332. The molecule has 0 aromatic heterocycles. The first kappa shape index (κ1) is 25.9. The highest BCUT2D eigenvalue weighted by Crippen LogP contribution is 2.41. The van der Waals surface area contributed by atoms with E-state index in [9.17, 15) is 26.3 Å². The fourth-order valence-electron chi connectivity index (χ4n) is 5.38. The lowest BCUT2D eigenvalue weighted by Crippen LogP contribution is -2.28. The molecule has 0 radical (unpaired) electrons. The average Bonchev–Trinajstić information content (AvgIpc) is 2.75. The van der Waals surface area contributed by atoms with Crippen LogP contribution in [0, 0.1) is 29.4 Å². The van der Waals surface area contributed by atoms with E-state index in [4.69, 9.17) is 4.74 Å². The van der Waals surface area contributed by atoms with Crippen molar-refractivity contribution in [2.75, 3.05) is 0 Å². The molecule has 2 saturated carbocycles. The van der Waals surface area contributed by atoms with Gasteiger partial charge < -0.3 is 9.47 Å². The van der Waals surface area contributed by atoms with Crippen LogP contribution in [0.1, 0.15) is 76.7 Å². The Labute approximate surface area is 191 Å². The second kappa shape index (κ2) is 11.6. The molecule has 1 aromatic carbocycles. The van der Waals surface area contributed by atoms with Gasteiger partial charge in [-0.3, -0.25) is 0 Å². The predicted molar refractivity (Wildman–Crippen MR) is 113 cm³/mol. The van der Waals surface area contributed by atoms with Crippen LogP contribution in [-0.4, -0.2) is 12.2 Å². The molecule has 0 saturated heterocycles. The number of hydrogen-bond acceptors (Lipinski definition) is 2. The van der Waals surface area contributed by atoms with Gasteiger partial charge in [-0.15, -0.1) is 0 Å². The van der Waals surface area contributed by atoms with Gasteiger partial charge in [-0.25, -0.2) is 8.78 Å². The third kappa shape index (κ3) is 7.66. The fourth-order valence-corrected chi connectivity index (χ4v) is 5.38. The summed E-state index contributed by atoms with van der Waals surface area (Å²) in [7, 11) is 0. The van der Waals surface area contributed by atoms with Crippen LogP contribution in [0.25, 0.3) is 0 Å². The van der Waals surface area contributed by atoms with Crippen LogP contribution in [0.2, 0.25) is 0 Å². The van der Waals surface area contributed by atoms with Crippen molar-refractivity contribution in [1.82, 2.24) is 0 Å². The number of ether oxygens (including phenoxy) is 2. The van der Waals surface area contributed by atoms with Crippen molar-refractivity contribution < 1.29 is 35.8 Å². The molecule has 33 heavy (non-hydrogen) atoms. The summed E-state index contributed by atoms with van der Waals surface area (Å²) in [6, 6.07) is 1.65. The van der Waals surface area contributed by atoms with Crippen molar-refractivity contribution in [1.29, 1.82) is 0 Å². The third-order valence-electron chi connectivity index (χ3n) is 7.03. The van der Waals surface area contributed by atoms with E-state index in [1.54, 1.807) is 0 Å². The van der Waals surface area contributed by atoms with Crippen molar-refractivity contribution in [2.24, 2.45) is 17.8 Å². The lowest BCUT2D eigenvalue weighted by Gasteiger charge is -2.37. The van der Waals surface area contributed by atoms with Gasteiger partial charge >= 0.3 is 6.11 Å². The maximum atomic E-state index is 14.1. The van der Waals surface area contributed by atoms with Crippen LogP contribution in [-0.2, 0) is 11.3 Å². The van der Waals surface area contributed by atoms with E-state index in [2.05, 4.69) is 11.7 Å². The molecule has 8 heteroatoms. The van der Waals surface area contributed by atoms with Crippen LogP contribution in [0.3, 0.4) is 0 Å². The highest BCUT2D eigenvalue weighted by Gasteiger charge is 2.34. The Morgan fingerprint density at radius 2 is 1.48 bits per heavy atom. The standard InChI is InChI=1S/C25H32F6O2/c1-2-3-16-4-6-18(7-5-16)19-8-10-20(11-9-19)32-15-17-12-21(26)24(22(27)13-17)33-25(30,31)14-23(28)29/h12-14,16,18-20H,2-11,15H2,1H3. The molecule has 1 aromatic rings. The topological polar surface area (TPSA) is 18.5 Å². The zero-order valence-electron chi connectivity index (χ0n) is 18.9. The minimum absolute atomic E-state index is 0.0123. The Bertz CT molecular complexity index is 769. The highest BCUT2D eigenvalue weighted by molar-refractivity contribution is 5.31. The molecule has 186 valence electrons. The molecule has 0 atom stereocenters. The maximum absolute atomic E-state index is 14.1. The van der Waals surface area contributed by atoms with Gasteiger partial charge in [0, 0.05) is 0 Å². The lowest BCUT2D eigenvalue weighted by molar-refractivity contribution is -0.137. The number of rotatable bonds is 9. The summed E-state index contributed by atoms with van der Waals surface area (Å²) in [5, 5.41) is 0. The van der Waals surface area contributed by atoms with Crippen molar-refractivity contribution in [3.63, 3.8) is 0 Å². The molecule has 0 spiro atoms. The van der Waals surface area contributed by atoms with Crippen molar-refractivity contribution >= 4 is 0 Å². The summed E-state index contributed by atoms with van der Waals surface area (Å²) >= 11 is 0. The molecular weight excluding hydrogens is 446 g/mol. The molecule has 0 unspecified atom stereocenters. The molecule has 2 fully saturated rings. The van der Waals surface area contributed by atoms with E-state index in [1.165, 1.54) is 38.5 Å². The van der Waals surface area contributed by atoms with E-state index < -0.39 is 35.6 Å². The van der Waals surface area contributed by atoms with Gasteiger partial charge in [-0.2, -0.15) is 17.6 Å². The van der Waals surface area contributed by atoms with Gasteiger partial charge in [0.2, 0.25) is 0 Å². The summed E-state index contributed by atoms with van der Waals surface area (Å²) in [5.41, 5.74) is 0.129. The first-order chi connectivity index (χ1) is 15.7. The molecule has 0 N–H and O–H groups in total. The lowest BCUT2D eigenvalue weighted by atomic mass is 9.70. The predicted octanol–water partition coefficient (Wildman–Crippen LogP) is 8.40. The highest BCUT2D eigenvalue weighted by atomic mass is 19.3. The first-order valence-electron chi connectivity index (χ1n) is 11.9. The van der Waals surface area contributed by atoms with Gasteiger partial charge in [-0.1, -0.05) is 32.6 Å². The Balaban J connectivity index is 1.47. The summed E-state index contributed by atoms with van der Waals surface area (Å²) in [5.74, 6) is -1.82. The van der Waals surface area contributed by atoms with Crippen molar-refractivity contribution in [2.45, 2.75) is 90.0 Å². The third-order valence-corrected chi connectivity index (χ3v) is 7.03. The number of halogens is 6. The Morgan fingerprint density at radius 1 is 0.939 bits per heavy atom. The summed E-state index contributed by atoms with van der Waals surface area (Å²) in [6.45, 7) is 2.17. The smallest absolute Gasteiger partial charge is 0.423 e.